The van der Waals surface area contributed by atoms with Gasteiger partial charge in [-0.25, -0.2) is 0 Å². The molecule has 0 atom stereocenters. The van der Waals surface area contributed by atoms with E-state index in [4.69, 9.17) is 36.7 Å². The average Bonchev–Trinajstić information content (AvgIpc) is 0.751. The Bertz CT molecular complexity index is 5530. The molecule has 0 bridgehead atoms. The fourth-order valence-corrected chi connectivity index (χ4v) is 12.1. The molecule has 47 heteroatoms. The Morgan fingerprint density at radius 2 is 0.870 bits per heavy atom. The summed E-state index contributed by atoms with van der Waals surface area (Å²) in [6.07, 6.45) is 0. The second-order valence-corrected chi connectivity index (χ2v) is 26.8. The van der Waals surface area contributed by atoms with Crippen LogP contribution in [0.1, 0.15) is 12.5 Å². The number of azo groups is 4. The van der Waals surface area contributed by atoms with Gasteiger partial charge in [0.25, 0.3) is 60.7 Å². The van der Waals surface area contributed by atoms with Crippen LogP contribution in [0.3, 0.4) is 0 Å². The van der Waals surface area contributed by atoms with E-state index >= 15 is 0 Å². The molecule has 8 aromatic rings. The van der Waals surface area contributed by atoms with E-state index < -0.39 is 201 Å². The summed E-state index contributed by atoms with van der Waals surface area (Å²) < 4.78 is 265. The van der Waals surface area contributed by atoms with E-state index in [1.807, 2.05) is 0 Å². The smallest absolute Gasteiger partial charge is 0.425 e. The summed E-state index contributed by atoms with van der Waals surface area (Å²) in [5, 5.41) is 62.7. The maximum Gasteiger partial charge on any atom is 0.425 e. The molecule has 0 radical (unpaired) electrons. The first-order chi connectivity index (χ1) is 42.3. The zero-order valence-corrected chi connectivity index (χ0v) is 51.3. The van der Waals surface area contributed by atoms with Crippen LogP contribution in [0.4, 0.5) is 56.9 Å². The minimum Gasteiger partial charge on any atom is -0.505 e. The molecule has 92 heavy (non-hydrogen) atoms. The fourth-order valence-electron chi connectivity index (χ4n) is 8.02. The second kappa shape index (κ2) is 27.0. The molecule has 0 spiro atoms. The minimum absolute atomic E-state index is 0.00436. The lowest BCUT2D eigenvalue weighted by Gasteiger charge is -2.14. The van der Waals surface area contributed by atoms with Crippen molar-refractivity contribution in [2.45, 2.75) is 42.8 Å². The first-order valence-electron chi connectivity index (χ1n) is 23.4. The van der Waals surface area contributed by atoms with Crippen molar-refractivity contribution in [1.82, 2.24) is 0 Å². The van der Waals surface area contributed by atoms with E-state index in [1.54, 1.807) is 0 Å². The molecule has 0 aliphatic carbocycles. The number of anilines is 2. The van der Waals surface area contributed by atoms with Crippen molar-refractivity contribution < 1.29 is 123 Å². The maximum absolute atomic E-state index is 13.1. The number of nitrogen functional groups attached to an aromatic ring is 1. The highest BCUT2D eigenvalue weighted by atomic mass is 32.2. The highest BCUT2D eigenvalue weighted by molar-refractivity contribution is 7.87. The number of carbonyl (C=O) groups excluding carboxylic acids is 1. The lowest BCUT2D eigenvalue weighted by atomic mass is 10.0. The monoisotopic (exact) mass is 1430 g/mol. The van der Waals surface area contributed by atoms with Crippen molar-refractivity contribution in [3.05, 3.63) is 103 Å². The lowest BCUT2D eigenvalue weighted by molar-refractivity contribution is -0.114. The van der Waals surface area contributed by atoms with Gasteiger partial charge in [0.15, 0.2) is 17.2 Å². The fraction of sp³-hybridized carbons (Fsp3) is 0.0444. The van der Waals surface area contributed by atoms with Gasteiger partial charge in [-0.3, -0.25) is 32.1 Å². The Kier molecular flexibility index (Phi) is 20.9. The molecular weight excluding hydrogens is 1400 g/mol. The van der Waals surface area contributed by atoms with E-state index in [1.165, 1.54) is 37.3 Å². The van der Waals surface area contributed by atoms with E-state index in [0.717, 1.165) is 42.5 Å². The Labute approximate surface area is 517 Å². The molecule has 8 aromatic carbocycles. The van der Waals surface area contributed by atoms with Crippen LogP contribution in [0.2, 0.25) is 0 Å². The lowest BCUT2D eigenvalue weighted by Crippen LogP contribution is -2.04. The van der Waals surface area contributed by atoms with Gasteiger partial charge in [-0.2, -0.15) is 55.6 Å². The van der Waals surface area contributed by atoms with Crippen LogP contribution < -0.4 is 16.8 Å². The van der Waals surface area contributed by atoms with Crippen LogP contribution in [-0.2, 0) is 93.3 Å². The molecule has 14 N–H and O–H groups in total. The van der Waals surface area contributed by atoms with Crippen molar-refractivity contribution >= 4 is 177 Å². The number of hydrogen-bond donors (Lipinski definition) is 12. The molecule has 0 unspecified atom stereocenters. The molecule has 0 fully saturated rings. The van der Waals surface area contributed by atoms with Crippen LogP contribution >= 0.6 is 0 Å². The van der Waals surface area contributed by atoms with E-state index in [0.29, 0.717) is 30.0 Å². The van der Waals surface area contributed by atoms with Crippen molar-refractivity contribution in [3.8, 4) is 17.2 Å². The molecule has 0 aromatic heterocycles. The highest BCUT2D eigenvalue weighted by Gasteiger charge is 2.31. The first-order valence-corrected chi connectivity index (χ1v) is 34.0. The second-order valence-electron chi connectivity index (χ2n) is 17.7. The molecule has 1 amide bonds. The first kappa shape index (κ1) is 71.3. The number of carbonyl (C=O) groups is 1. The number of phenols is 3. The Morgan fingerprint density at radius 1 is 0.435 bits per heavy atom. The highest BCUT2D eigenvalue weighted by Crippen LogP contribution is 2.51. The van der Waals surface area contributed by atoms with Crippen LogP contribution in [0.15, 0.2) is 167 Å². The van der Waals surface area contributed by atoms with Crippen molar-refractivity contribution in [2.24, 2.45) is 46.6 Å². The van der Waals surface area contributed by atoms with Gasteiger partial charge in [-0.15, -0.1) is 61.1 Å². The molecule has 39 nitrogen and oxygen atoms in total. The van der Waals surface area contributed by atoms with Gasteiger partial charge in [0.2, 0.25) is 5.91 Å². The molecule has 8 rings (SSSR count). The number of benzene rings is 8. The number of phenolic OH excluding ortho intramolecular Hbond substituents is 3. The normalized spacial score (nSPS) is 12.6. The quantitative estimate of drug-likeness (QED) is 0.0283. The van der Waals surface area contributed by atoms with Crippen LogP contribution in [0.25, 0.3) is 32.3 Å². The number of aromatic hydroxyl groups is 3. The van der Waals surface area contributed by atoms with Gasteiger partial charge in [0.1, 0.15) is 69.2 Å². The zero-order chi connectivity index (χ0) is 69.1. The van der Waals surface area contributed by atoms with Gasteiger partial charge in [0, 0.05) is 35.3 Å². The SMILES string of the molecule is CC(=O)Nc1ccc(N=Nc2c(S(=O)(=O)O)cc3c(S(=O)(=O)O)c(N=Nc4c(S(=O)(=O)O)cc5cc(S(=O)(=O)O)c(N=Nc6cc7c(O)c(N=Nc8ccc(CN)cc8S(=O)(=O)O)ccc7cc6S(=O)(=O)O)c(O)c5c4N)ccc3c2O)cc1.O=S(=O)=O.O=S(=O)=O. The summed E-state index contributed by atoms with van der Waals surface area (Å²) in [6, 6.07) is 15.2. The van der Waals surface area contributed by atoms with Gasteiger partial charge in [-0.1, -0.05) is 12.1 Å². The predicted octanol–water partition coefficient (Wildman–Crippen LogP) is 6.40. The molecular formula is C45H35N11O28S8. The van der Waals surface area contributed by atoms with Crippen LogP contribution in [0.5, 0.6) is 17.2 Å². The topological polar surface area (TPSA) is 669 Å². The third-order valence-corrected chi connectivity index (χ3v) is 17.0. The number of amides is 1. The van der Waals surface area contributed by atoms with E-state index in [9.17, 15) is 97.9 Å². The van der Waals surface area contributed by atoms with Crippen molar-refractivity contribution in [2.75, 3.05) is 11.1 Å². The number of nitrogens with two attached hydrogens (primary N) is 2. The van der Waals surface area contributed by atoms with Crippen LogP contribution in [0, 0.1) is 0 Å². The third-order valence-electron chi connectivity index (χ3n) is 11.7. The summed E-state index contributed by atoms with van der Waals surface area (Å²) in [7, 11) is -39.0. The number of fused-ring (bicyclic) bond motifs is 3. The standard InChI is InChI=1S/C45H35N11O22S6.2O3S/c1-19(57)48-23-4-6-24(7-5-23)49-55-40-36(83(73,74)75)17-27-25(43(40)59)8-11-30(45(27)84(76,77)78)52-54-39-34(81(67,68)69)14-22-15-35(82(70,71)72)41(44(60)37(22)38(39)47)56-53-31-16-26-21(13-33(31)80(64,65)66)3-10-29(42(26)58)51-50-28-9-2-20(18-46)12-32(28)79(61,62)63;2*1-4(2)3/h2-17,58-60H,18,46-47H2,1H3,(H,48,57)(H,61,62,63)(H,64,65,66)(H,67,68,69)(H,70,71,72)(H,73,74,75)(H,76,77,78);;. The van der Waals surface area contributed by atoms with E-state index in [-0.39, 0.29) is 28.6 Å². The zero-order valence-electron chi connectivity index (χ0n) is 44.7. The number of hydrogen-bond acceptors (Lipinski definition) is 32. The average molecular weight is 1430 g/mol. The third kappa shape index (κ3) is 16.8. The summed E-state index contributed by atoms with van der Waals surface area (Å²) in [5.41, 5.74) is 4.95. The summed E-state index contributed by atoms with van der Waals surface area (Å²) in [5.74, 6) is -3.88. The van der Waals surface area contributed by atoms with Crippen LogP contribution in [-0.4, -0.2) is 124 Å². The molecule has 0 saturated heterocycles. The summed E-state index contributed by atoms with van der Waals surface area (Å²) >= 11 is 0. The molecule has 0 saturated carbocycles. The van der Waals surface area contributed by atoms with Gasteiger partial charge < -0.3 is 32.1 Å². The molecule has 0 aliphatic heterocycles. The molecule has 486 valence electrons. The summed E-state index contributed by atoms with van der Waals surface area (Å²) in [6.45, 7) is 1.10. The largest absolute Gasteiger partial charge is 0.505 e. The van der Waals surface area contributed by atoms with Crippen molar-refractivity contribution in [1.29, 1.82) is 0 Å². The number of rotatable bonds is 16. The minimum atomic E-state index is -5.69. The number of nitrogens with zero attached hydrogens (tertiary/aromatic N) is 8. The summed E-state index contributed by atoms with van der Waals surface area (Å²) in [4.78, 5) is 4.05. The van der Waals surface area contributed by atoms with Gasteiger partial charge in [-0.05, 0) is 101 Å². The Morgan fingerprint density at radius 3 is 1.39 bits per heavy atom. The van der Waals surface area contributed by atoms with Gasteiger partial charge in [0.05, 0.1) is 16.8 Å². The Balaban J connectivity index is 0.00000159. The number of nitrogens with one attached hydrogen (secondary N) is 1. The Hall–Kier alpha value is -9.73. The van der Waals surface area contributed by atoms with Crippen molar-refractivity contribution in [3.63, 3.8) is 0 Å². The van der Waals surface area contributed by atoms with Gasteiger partial charge >= 0.3 is 21.2 Å². The predicted molar refractivity (Wildman–Crippen MR) is 311 cm³/mol. The molecule has 0 aliphatic rings. The molecule has 0 heterocycles. The van der Waals surface area contributed by atoms with E-state index in [2.05, 4.69) is 46.2 Å². The maximum atomic E-state index is 13.1.